The van der Waals surface area contributed by atoms with Gasteiger partial charge in [-0.05, 0) is 106 Å². The van der Waals surface area contributed by atoms with E-state index < -0.39 is 0 Å². The van der Waals surface area contributed by atoms with Crippen LogP contribution in [0.1, 0.15) is 91.4 Å². The highest BCUT2D eigenvalue weighted by atomic mass is 16.3. The molecule has 0 spiro atoms. The van der Waals surface area contributed by atoms with Gasteiger partial charge in [0.25, 0.3) is 0 Å². The summed E-state index contributed by atoms with van der Waals surface area (Å²) in [5.74, 6) is 3.00. The lowest BCUT2D eigenvalue weighted by Gasteiger charge is -2.64. The highest BCUT2D eigenvalue weighted by Crippen LogP contribution is 2.69. The number of rotatable bonds is 2. The molecule has 0 radical (unpaired) electrons. The topological polar surface area (TPSA) is 40.5 Å². The van der Waals surface area contributed by atoms with Gasteiger partial charge in [-0.2, -0.15) is 0 Å². The number of likely N-dealkylation sites (tertiary alicyclic amines) is 1. The maximum Gasteiger partial charge on any atom is 0.143 e. The van der Waals surface area contributed by atoms with E-state index in [1.165, 1.54) is 58.0 Å². The van der Waals surface area contributed by atoms with Gasteiger partial charge in [0.1, 0.15) is 5.78 Å². The largest absolute Gasteiger partial charge is 0.393 e. The van der Waals surface area contributed by atoms with Crippen LogP contribution < -0.4 is 0 Å². The molecule has 164 valence electrons. The van der Waals surface area contributed by atoms with Gasteiger partial charge in [0.05, 0.1) is 6.10 Å². The lowest BCUT2D eigenvalue weighted by molar-refractivity contribution is -0.169. The van der Waals surface area contributed by atoms with Crippen LogP contribution >= 0.6 is 0 Å². The molecule has 0 aromatic rings. The number of hydrogen-bond acceptors (Lipinski definition) is 3. The number of Topliss-reactive ketones (excluding diaryl/α,β-unsaturated/α-hetero) is 1. The van der Waals surface area contributed by atoms with E-state index in [2.05, 4.69) is 25.7 Å². The first-order valence-electron chi connectivity index (χ1n) is 12.7. The molecule has 0 aromatic heterocycles. The summed E-state index contributed by atoms with van der Waals surface area (Å²) in [7, 11) is 0. The number of hydrogen-bond donors (Lipinski definition) is 1. The molecule has 1 N–H and O–H groups in total. The number of aliphatic hydroxyl groups excluding tert-OH is 1. The number of fused-ring (bicyclic) bond motifs is 5. The molecule has 1 aliphatic heterocycles. The molecular formula is C26H43NO2. The van der Waals surface area contributed by atoms with Crippen molar-refractivity contribution in [2.24, 2.45) is 39.9 Å². The molecule has 0 aromatic carbocycles. The summed E-state index contributed by atoms with van der Waals surface area (Å²) >= 11 is 0. The predicted molar refractivity (Wildman–Crippen MR) is 117 cm³/mol. The van der Waals surface area contributed by atoms with Crippen molar-refractivity contribution in [3.63, 3.8) is 0 Å². The van der Waals surface area contributed by atoms with E-state index in [0.29, 0.717) is 17.1 Å². The molecule has 5 rings (SSSR count). The minimum Gasteiger partial charge on any atom is -0.393 e. The molecule has 5 aliphatic rings. The summed E-state index contributed by atoms with van der Waals surface area (Å²) in [6, 6.07) is 0. The highest BCUT2D eigenvalue weighted by Gasteiger charge is 2.64. The number of carbonyl (C=O) groups excluding carboxylic acids is 1. The van der Waals surface area contributed by atoms with E-state index in [0.717, 1.165) is 44.1 Å². The normalized spacial score (nSPS) is 53.2. The van der Waals surface area contributed by atoms with Crippen LogP contribution in [0.3, 0.4) is 0 Å². The van der Waals surface area contributed by atoms with Crippen LogP contribution in [0, 0.1) is 39.9 Å². The molecule has 1 heterocycles. The highest BCUT2D eigenvalue weighted by molar-refractivity contribution is 5.89. The van der Waals surface area contributed by atoms with Crippen molar-refractivity contribution >= 4 is 5.78 Å². The van der Waals surface area contributed by atoms with Crippen LogP contribution in [0.5, 0.6) is 0 Å². The first-order chi connectivity index (χ1) is 13.8. The van der Waals surface area contributed by atoms with Crippen LogP contribution in [-0.2, 0) is 4.79 Å². The fraction of sp³-hybridized carbons (Fsp3) is 0.962. The van der Waals surface area contributed by atoms with Gasteiger partial charge in [-0.1, -0.05) is 27.2 Å². The summed E-state index contributed by atoms with van der Waals surface area (Å²) in [5.41, 5.74) is 0.583. The van der Waals surface area contributed by atoms with E-state index in [-0.39, 0.29) is 22.9 Å². The maximum atomic E-state index is 13.6. The lowest BCUT2D eigenvalue weighted by atomic mass is 9.40. The van der Waals surface area contributed by atoms with Crippen molar-refractivity contribution in [1.29, 1.82) is 0 Å². The summed E-state index contributed by atoms with van der Waals surface area (Å²) < 4.78 is 0. The Balaban J connectivity index is 1.37. The molecule has 0 bridgehead atoms. The first kappa shape index (κ1) is 20.5. The van der Waals surface area contributed by atoms with Crippen LogP contribution in [0.25, 0.3) is 0 Å². The number of carbonyl (C=O) groups is 1. The van der Waals surface area contributed by atoms with E-state index in [4.69, 9.17) is 0 Å². The lowest BCUT2D eigenvalue weighted by Crippen LogP contribution is -2.58. The second-order valence-corrected chi connectivity index (χ2v) is 12.4. The van der Waals surface area contributed by atoms with Crippen molar-refractivity contribution in [2.75, 3.05) is 19.6 Å². The van der Waals surface area contributed by atoms with Crippen molar-refractivity contribution in [3.05, 3.63) is 0 Å². The third kappa shape index (κ3) is 3.00. The van der Waals surface area contributed by atoms with Gasteiger partial charge in [0.15, 0.2) is 0 Å². The van der Waals surface area contributed by atoms with Crippen LogP contribution in [-0.4, -0.2) is 41.5 Å². The Hall–Kier alpha value is -0.410. The molecule has 29 heavy (non-hydrogen) atoms. The maximum absolute atomic E-state index is 13.6. The molecular weight excluding hydrogens is 358 g/mol. The second-order valence-electron chi connectivity index (χ2n) is 12.4. The van der Waals surface area contributed by atoms with Crippen molar-refractivity contribution < 1.29 is 9.90 Å². The molecule has 4 aliphatic carbocycles. The average molecular weight is 402 g/mol. The van der Waals surface area contributed by atoms with Gasteiger partial charge < -0.3 is 10.0 Å². The Morgan fingerprint density at radius 3 is 2.48 bits per heavy atom. The Morgan fingerprint density at radius 2 is 1.72 bits per heavy atom. The Kier molecular flexibility index (Phi) is 4.98. The van der Waals surface area contributed by atoms with E-state index >= 15 is 0 Å². The summed E-state index contributed by atoms with van der Waals surface area (Å²) in [6.07, 6.45) is 13.1. The van der Waals surface area contributed by atoms with Gasteiger partial charge >= 0.3 is 0 Å². The van der Waals surface area contributed by atoms with Gasteiger partial charge in [-0.3, -0.25) is 4.79 Å². The van der Waals surface area contributed by atoms with Crippen LogP contribution in [0.2, 0.25) is 0 Å². The number of nitrogens with zero attached hydrogens (tertiary/aromatic N) is 1. The Morgan fingerprint density at radius 1 is 0.966 bits per heavy atom. The monoisotopic (exact) mass is 401 g/mol. The molecule has 8 atom stereocenters. The number of piperidine rings is 1. The third-order valence-corrected chi connectivity index (χ3v) is 11.1. The van der Waals surface area contributed by atoms with E-state index in [1.54, 1.807) is 0 Å². The third-order valence-electron chi connectivity index (χ3n) is 11.1. The molecule has 3 nitrogen and oxygen atoms in total. The number of aliphatic hydroxyl groups is 1. The quantitative estimate of drug-likeness (QED) is 0.703. The molecule has 3 heteroatoms. The Labute approximate surface area is 178 Å². The minimum absolute atomic E-state index is 0.0557. The molecule has 0 unspecified atom stereocenters. The van der Waals surface area contributed by atoms with Crippen LogP contribution in [0.15, 0.2) is 0 Å². The standard InChI is InChI=1S/C26H43NO2/c1-24-10-8-20-21(26(24,3)12-7-19(28)16-24)9-11-25(2)22(20)15-18(23(25)29)17-27-13-5-4-6-14-27/h18-22,28H,4-17H2,1-3H3/t18-,19+,20-,21+,22-,24+,25-,26+/m1/s1. The number of ketones is 1. The van der Waals surface area contributed by atoms with Gasteiger partial charge in [0.2, 0.25) is 0 Å². The van der Waals surface area contributed by atoms with Gasteiger partial charge in [-0.15, -0.1) is 0 Å². The predicted octanol–water partition coefficient (Wildman–Crippen LogP) is 5.06. The van der Waals surface area contributed by atoms with Crippen molar-refractivity contribution in [2.45, 2.75) is 97.5 Å². The molecule has 4 saturated carbocycles. The fourth-order valence-corrected chi connectivity index (χ4v) is 9.16. The zero-order valence-corrected chi connectivity index (χ0v) is 19.1. The average Bonchev–Trinajstić information content (AvgIpc) is 2.95. The first-order valence-corrected chi connectivity index (χ1v) is 12.7. The van der Waals surface area contributed by atoms with Gasteiger partial charge in [-0.25, -0.2) is 0 Å². The van der Waals surface area contributed by atoms with E-state index in [9.17, 15) is 9.90 Å². The summed E-state index contributed by atoms with van der Waals surface area (Å²) in [4.78, 5) is 16.2. The fourth-order valence-electron chi connectivity index (χ4n) is 9.16. The van der Waals surface area contributed by atoms with Gasteiger partial charge in [0, 0.05) is 17.9 Å². The second kappa shape index (κ2) is 7.05. The van der Waals surface area contributed by atoms with Crippen LogP contribution in [0.4, 0.5) is 0 Å². The van der Waals surface area contributed by atoms with E-state index in [1.807, 2.05) is 0 Å². The Bertz CT molecular complexity index is 657. The molecule has 0 amide bonds. The minimum atomic E-state index is -0.0968. The molecule has 5 fully saturated rings. The zero-order valence-electron chi connectivity index (χ0n) is 19.1. The molecule has 1 saturated heterocycles. The zero-order chi connectivity index (χ0) is 20.4. The van der Waals surface area contributed by atoms with Crippen molar-refractivity contribution in [3.8, 4) is 0 Å². The summed E-state index contributed by atoms with van der Waals surface area (Å²) in [6.45, 7) is 10.8. The smallest absolute Gasteiger partial charge is 0.143 e. The van der Waals surface area contributed by atoms with Crippen molar-refractivity contribution in [1.82, 2.24) is 4.90 Å². The SMILES string of the molecule is C[C@@]12CC[C@H]3[C@H]4C[C@H](CN5CCCCC5)C(=O)[C@]4(C)CC[C@@H]3[C@]1(C)CC[C@H](O)C2. The summed E-state index contributed by atoms with van der Waals surface area (Å²) in [5, 5.41) is 10.4.